The van der Waals surface area contributed by atoms with Gasteiger partial charge in [-0.3, -0.25) is 4.72 Å². The number of nitrogens with zero attached hydrogens (tertiary/aromatic N) is 1. The Bertz CT molecular complexity index is 528. The van der Waals surface area contributed by atoms with Crippen molar-refractivity contribution in [1.82, 2.24) is 9.71 Å². The molecular formula is C10H15N3O4S. The molecule has 18 heavy (non-hydrogen) atoms. The minimum absolute atomic E-state index is 0.0501. The van der Waals surface area contributed by atoms with Crippen LogP contribution in [0.25, 0.3) is 0 Å². The Balaban J connectivity index is 3.01. The molecule has 1 aromatic heterocycles. The SMILES string of the molecule is COC(=O)c1cccnc1NS(=O)(=O)NC(C)C. The first kappa shape index (κ1) is 14.4. The van der Waals surface area contributed by atoms with Gasteiger partial charge in [-0.05, 0) is 26.0 Å². The predicted molar refractivity (Wildman–Crippen MR) is 66.4 cm³/mol. The molecule has 2 N–H and O–H groups in total. The first-order valence-corrected chi connectivity index (χ1v) is 6.67. The number of anilines is 1. The molecule has 0 spiro atoms. The number of pyridine rings is 1. The fraction of sp³-hybridized carbons (Fsp3) is 0.400. The zero-order valence-corrected chi connectivity index (χ0v) is 11.1. The van der Waals surface area contributed by atoms with E-state index >= 15 is 0 Å². The lowest BCUT2D eigenvalue weighted by molar-refractivity contribution is 0.0601. The first-order chi connectivity index (χ1) is 8.35. The standard InChI is InChI=1S/C10H15N3O4S/c1-7(2)12-18(15,16)13-9-8(10(14)17-3)5-4-6-11-9/h4-7,12H,1-3H3,(H,11,13). The average Bonchev–Trinajstić information content (AvgIpc) is 2.26. The highest BCUT2D eigenvalue weighted by molar-refractivity contribution is 7.90. The lowest BCUT2D eigenvalue weighted by Crippen LogP contribution is -2.35. The van der Waals surface area contributed by atoms with E-state index in [4.69, 9.17) is 0 Å². The van der Waals surface area contributed by atoms with E-state index in [1.54, 1.807) is 13.8 Å². The number of carbonyl (C=O) groups excluding carboxylic acids is 1. The summed E-state index contributed by atoms with van der Waals surface area (Å²) in [7, 11) is -2.56. The Morgan fingerprint density at radius 2 is 2.11 bits per heavy atom. The summed E-state index contributed by atoms with van der Waals surface area (Å²) in [6, 6.07) is 2.67. The molecule has 0 aliphatic carbocycles. The van der Waals surface area contributed by atoms with Gasteiger partial charge in [-0.25, -0.2) is 9.78 Å². The number of methoxy groups -OCH3 is 1. The summed E-state index contributed by atoms with van der Waals surface area (Å²) in [5.74, 6) is -0.733. The number of rotatable bonds is 5. The third-order valence-electron chi connectivity index (χ3n) is 1.83. The van der Waals surface area contributed by atoms with E-state index in [1.165, 1.54) is 25.4 Å². The van der Waals surface area contributed by atoms with Crippen LogP contribution >= 0.6 is 0 Å². The van der Waals surface area contributed by atoms with Gasteiger partial charge in [-0.15, -0.1) is 0 Å². The van der Waals surface area contributed by atoms with E-state index in [9.17, 15) is 13.2 Å². The zero-order valence-electron chi connectivity index (χ0n) is 10.3. The summed E-state index contributed by atoms with van der Waals surface area (Å²) in [6.45, 7) is 3.36. The Hall–Kier alpha value is -1.67. The molecule has 100 valence electrons. The molecular weight excluding hydrogens is 258 g/mol. The maximum absolute atomic E-state index is 11.7. The van der Waals surface area contributed by atoms with Crippen LogP contribution in [0.5, 0.6) is 0 Å². The number of ether oxygens (including phenoxy) is 1. The van der Waals surface area contributed by atoms with E-state index in [1.807, 2.05) is 0 Å². The van der Waals surface area contributed by atoms with Gasteiger partial charge in [0.05, 0.1) is 7.11 Å². The maximum Gasteiger partial charge on any atom is 0.341 e. The molecule has 0 saturated carbocycles. The molecule has 0 fully saturated rings. The second kappa shape index (κ2) is 5.78. The van der Waals surface area contributed by atoms with Crippen LogP contribution in [-0.2, 0) is 14.9 Å². The van der Waals surface area contributed by atoms with Gasteiger partial charge in [0.25, 0.3) is 0 Å². The van der Waals surface area contributed by atoms with Crippen LogP contribution in [-0.4, -0.2) is 32.5 Å². The van der Waals surface area contributed by atoms with Crippen molar-refractivity contribution in [2.24, 2.45) is 0 Å². The molecule has 7 nitrogen and oxygen atoms in total. The molecule has 0 saturated heterocycles. The van der Waals surface area contributed by atoms with Crippen LogP contribution in [0.1, 0.15) is 24.2 Å². The van der Waals surface area contributed by atoms with Crippen LogP contribution in [0, 0.1) is 0 Å². The van der Waals surface area contributed by atoms with E-state index in [0.29, 0.717) is 0 Å². The normalized spacial score (nSPS) is 11.3. The van der Waals surface area contributed by atoms with Crippen LogP contribution in [0.2, 0.25) is 0 Å². The lowest BCUT2D eigenvalue weighted by atomic mass is 10.2. The zero-order chi connectivity index (χ0) is 13.8. The molecule has 1 aromatic rings. The molecule has 0 aromatic carbocycles. The number of aromatic nitrogens is 1. The van der Waals surface area contributed by atoms with Gasteiger partial charge in [-0.1, -0.05) is 0 Å². The monoisotopic (exact) mass is 273 g/mol. The minimum atomic E-state index is -3.77. The number of hydrogen-bond donors (Lipinski definition) is 2. The number of nitrogens with one attached hydrogen (secondary N) is 2. The first-order valence-electron chi connectivity index (χ1n) is 5.19. The van der Waals surface area contributed by atoms with Crippen molar-refractivity contribution < 1.29 is 17.9 Å². The highest BCUT2D eigenvalue weighted by Gasteiger charge is 2.18. The molecule has 0 amide bonds. The van der Waals surface area contributed by atoms with Gasteiger partial charge in [0, 0.05) is 12.2 Å². The predicted octanol–water partition coefficient (Wildman–Crippen LogP) is 0.523. The fourth-order valence-corrected chi connectivity index (χ4v) is 2.33. The quantitative estimate of drug-likeness (QED) is 0.762. The highest BCUT2D eigenvalue weighted by atomic mass is 32.2. The second-order valence-electron chi connectivity index (χ2n) is 3.77. The van der Waals surface area contributed by atoms with Crippen LogP contribution in [0.15, 0.2) is 18.3 Å². The minimum Gasteiger partial charge on any atom is -0.465 e. The summed E-state index contributed by atoms with van der Waals surface area (Å²) < 4.78 is 32.4. The summed E-state index contributed by atoms with van der Waals surface area (Å²) in [4.78, 5) is 15.2. The lowest BCUT2D eigenvalue weighted by Gasteiger charge is -2.12. The molecule has 0 aliphatic rings. The van der Waals surface area contributed by atoms with Crippen molar-refractivity contribution in [2.75, 3.05) is 11.8 Å². The molecule has 1 rings (SSSR count). The van der Waals surface area contributed by atoms with Crippen molar-refractivity contribution >= 4 is 22.0 Å². The smallest absolute Gasteiger partial charge is 0.341 e. The van der Waals surface area contributed by atoms with E-state index in [0.717, 1.165) is 0 Å². The summed E-state index contributed by atoms with van der Waals surface area (Å²) in [5.41, 5.74) is 0.0501. The van der Waals surface area contributed by atoms with E-state index in [-0.39, 0.29) is 17.4 Å². The van der Waals surface area contributed by atoms with Crippen LogP contribution in [0.3, 0.4) is 0 Å². The van der Waals surface area contributed by atoms with Crippen molar-refractivity contribution in [1.29, 1.82) is 0 Å². The topological polar surface area (TPSA) is 97.4 Å². The average molecular weight is 273 g/mol. The van der Waals surface area contributed by atoms with Crippen molar-refractivity contribution in [2.45, 2.75) is 19.9 Å². The molecule has 8 heteroatoms. The summed E-state index contributed by atoms with van der Waals surface area (Å²) in [5, 5.41) is 0. The number of esters is 1. The van der Waals surface area contributed by atoms with Crippen LogP contribution in [0.4, 0.5) is 5.82 Å². The molecule has 0 unspecified atom stereocenters. The summed E-state index contributed by atoms with van der Waals surface area (Å²) >= 11 is 0. The number of hydrogen-bond acceptors (Lipinski definition) is 5. The molecule has 1 heterocycles. The molecule has 0 bridgehead atoms. The van der Waals surface area contributed by atoms with Gasteiger partial charge in [0.15, 0.2) is 5.82 Å². The molecule has 0 aliphatic heterocycles. The largest absolute Gasteiger partial charge is 0.465 e. The summed E-state index contributed by atoms with van der Waals surface area (Å²) in [6.07, 6.45) is 1.37. The Labute approximate surface area is 106 Å². The fourth-order valence-electron chi connectivity index (χ4n) is 1.23. The van der Waals surface area contributed by atoms with Crippen molar-refractivity contribution in [3.8, 4) is 0 Å². The molecule has 0 radical (unpaired) electrons. The van der Waals surface area contributed by atoms with Crippen molar-refractivity contribution in [3.05, 3.63) is 23.9 Å². The third-order valence-corrected chi connectivity index (χ3v) is 3.08. The van der Waals surface area contributed by atoms with Gasteiger partial charge in [-0.2, -0.15) is 13.1 Å². The van der Waals surface area contributed by atoms with Gasteiger partial charge in [0.1, 0.15) is 5.56 Å². The highest BCUT2D eigenvalue weighted by Crippen LogP contribution is 2.13. The third kappa shape index (κ3) is 3.97. The van der Waals surface area contributed by atoms with E-state index < -0.39 is 16.2 Å². The second-order valence-corrected chi connectivity index (χ2v) is 5.22. The van der Waals surface area contributed by atoms with Gasteiger partial charge < -0.3 is 4.74 Å². The van der Waals surface area contributed by atoms with Crippen molar-refractivity contribution in [3.63, 3.8) is 0 Å². The van der Waals surface area contributed by atoms with Gasteiger partial charge >= 0.3 is 16.2 Å². The van der Waals surface area contributed by atoms with Crippen LogP contribution < -0.4 is 9.44 Å². The Morgan fingerprint density at radius 3 is 2.67 bits per heavy atom. The Morgan fingerprint density at radius 1 is 1.44 bits per heavy atom. The maximum atomic E-state index is 11.7. The molecule has 0 atom stereocenters. The Kier molecular flexibility index (Phi) is 4.62. The van der Waals surface area contributed by atoms with Gasteiger partial charge in [0.2, 0.25) is 0 Å². The number of carbonyl (C=O) groups is 1. The van der Waals surface area contributed by atoms with E-state index in [2.05, 4.69) is 19.2 Å².